The first-order valence-corrected chi connectivity index (χ1v) is 9.46. The molecule has 0 radical (unpaired) electrons. The first-order chi connectivity index (χ1) is 14.1. The van der Waals surface area contributed by atoms with Crippen molar-refractivity contribution >= 4 is 16.8 Å². The fourth-order valence-corrected chi connectivity index (χ4v) is 3.43. The van der Waals surface area contributed by atoms with E-state index in [1.165, 1.54) is 0 Å². The van der Waals surface area contributed by atoms with Crippen molar-refractivity contribution in [3.05, 3.63) is 112 Å². The van der Waals surface area contributed by atoms with Crippen molar-refractivity contribution in [1.82, 2.24) is 14.9 Å². The summed E-state index contributed by atoms with van der Waals surface area (Å²) in [7, 11) is 0. The Morgan fingerprint density at radius 2 is 1.83 bits per heavy atom. The number of carbonyl (C=O) groups excluding carboxylic acids is 1. The molecule has 2 aromatic heterocycles. The van der Waals surface area contributed by atoms with Gasteiger partial charge in [-0.05, 0) is 47.7 Å². The summed E-state index contributed by atoms with van der Waals surface area (Å²) < 4.78 is 0. The quantitative estimate of drug-likeness (QED) is 0.565. The van der Waals surface area contributed by atoms with Crippen LogP contribution in [0.3, 0.4) is 0 Å². The number of aryl methyl sites for hydroxylation is 1. The summed E-state index contributed by atoms with van der Waals surface area (Å²) in [4.78, 5) is 34.7. The van der Waals surface area contributed by atoms with Gasteiger partial charge >= 0.3 is 0 Å². The Kier molecular flexibility index (Phi) is 5.20. The second kappa shape index (κ2) is 8.10. The van der Waals surface area contributed by atoms with Gasteiger partial charge in [0.1, 0.15) is 0 Å². The van der Waals surface area contributed by atoms with Crippen molar-refractivity contribution in [2.75, 3.05) is 0 Å². The highest BCUT2D eigenvalue weighted by atomic mass is 16.2. The van der Waals surface area contributed by atoms with Crippen LogP contribution in [0.5, 0.6) is 0 Å². The highest BCUT2D eigenvalue weighted by molar-refractivity contribution is 5.94. The lowest BCUT2D eigenvalue weighted by atomic mass is 10.1. The van der Waals surface area contributed by atoms with Gasteiger partial charge < -0.3 is 9.88 Å². The van der Waals surface area contributed by atoms with Gasteiger partial charge in [0.15, 0.2) is 0 Å². The van der Waals surface area contributed by atoms with Crippen LogP contribution < -0.4 is 5.56 Å². The molecule has 0 aliphatic carbocycles. The van der Waals surface area contributed by atoms with E-state index >= 15 is 0 Å². The normalized spacial score (nSPS) is 10.8. The molecule has 0 bridgehead atoms. The number of hydrogen-bond donors (Lipinski definition) is 1. The summed E-state index contributed by atoms with van der Waals surface area (Å²) in [5.41, 5.74) is 3.71. The number of nitrogens with zero attached hydrogens (tertiary/aromatic N) is 2. The van der Waals surface area contributed by atoms with Crippen molar-refractivity contribution in [1.29, 1.82) is 0 Å². The minimum Gasteiger partial charge on any atom is -0.330 e. The highest BCUT2D eigenvalue weighted by Gasteiger charge is 2.18. The fraction of sp³-hybridized carbons (Fsp3) is 0.125. The first-order valence-electron chi connectivity index (χ1n) is 9.46. The van der Waals surface area contributed by atoms with E-state index in [0.717, 1.165) is 22.0 Å². The molecule has 0 spiro atoms. The summed E-state index contributed by atoms with van der Waals surface area (Å²) in [5.74, 6) is -0.127. The number of aromatic nitrogens is 2. The van der Waals surface area contributed by atoms with Crippen LogP contribution in [0.25, 0.3) is 10.9 Å². The van der Waals surface area contributed by atoms with E-state index in [1.54, 1.807) is 29.4 Å². The zero-order valence-corrected chi connectivity index (χ0v) is 16.1. The number of nitrogens with one attached hydrogen (secondary N) is 1. The molecule has 4 rings (SSSR count). The monoisotopic (exact) mass is 383 g/mol. The van der Waals surface area contributed by atoms with Crippen molar-refractivity contribution in [3.8, 4) is 0 Å². The van der Waals surface area contributed by atoms with E-state index in [0.29, 0.717) is 17.7 Å². The Balaban J connectivity index is 1.71. The van der Waals surface area contributed by atoms with Gasteiger partial charge in [0.25, 0.3) is 11.5 Å². The second-order valence-corrected chi connectivity index (χ2v) is 7.05. The Labute approximate surface area is 168 Å². The molecule has 29 heavy (non-hydrogen) atoms. The number of benzene rings is 2. The van der Waals surface area contributed by atoms with E-state index in [2.05, 4.69) is 9.97 Å². The van der Waals surface area contributed by atoms with Crippen molar-refractivity contribution in [3.63, 3.8) is 0 Å². The van der Waals surface area contributed by atoms with Crippen LogP contribution in [0.15, 0.2) is 83.9 Å². The van der Waals surface area contributed by atoms with Crippen molar-refractivity contribution in [2.45, 2.75) is 20.0 Å². The molecule has 2 heterocycles. The van der Waals surface area contributed by atoms with Gasteiger partial charge in [-0.15, -0.1) is 0 Å². The lowest BCUT2D eigenvalue weighted by Crippen LogP contribution is -2.32. The minimum atomic E-state index is -0.177. The van der Waals surface area contributed by atoms with Crippen molar-refractivity contribution < 1.29 is 4.79 Å². The predicted octanol–water partition coefficient (Wildman–Crippen LogP) is 4.07. The molecule has 0 unspecified atom stereocenters. The summed E-state index contributed by atoms with van der Waals surface area (Å²) in [6.45, 7) is 2.54. The molecule has 0 atom stereocenters. The molecule has 5 nitrogen and oxygen atoms in total. The summed E-state index contributed by atoms with van der Waals surface area (Å²) in [6.07, 6.45) is 3.43. The number of rotatable bonds is 5. The standard InChI is InChI=1S/C24H21N3O2/c1-17-7-5-11-20-13-21(23(28)26-22(17)20)16-27(15-18-8-6-12-25-14-18)24(29)19-9-3-2-4-10-19/h2-14H,15-16H2,1H3,(H,26,28). The number of hydrogen-bond acceptors (Lipinski definition) is 3. The van der Waals surface area contributed by atoms with Crippen LogP contribution in [0.2, 0.25) is 0 Å². The largest absolute Gasteiger partial charge is 0.330 e. The minimum absolute atomic E-state index is 0.127. The number of H-pyrrole nitrogens is 1. The SMILES string of the molecule is Cc1cccc2cc(CN(Cc3cccnc3)C(=O)c3ccccc3)c(=O)[nH]c12. The average Bonchev–Trinajstić information content (AvgIpc) is 2.75. The van der Waals surface area contributed by atoms with E-state index < -0.39 is 0 Å². The molecular formula is C24H21N3O2. The highest BCUT2D eigenvalue weighted by Crippen LogP contribution is 2.17. The van der Waals surface area contributed by atoms with Crippen LogP contribution >= 0.6 is 0 Å². The second-order valence-electron chi connectivity index (χ2n) is 7.05. The van der Waals surface area contributed by atoms with Crippen molar-refractivity contribution in [2.24, 2.45) is 0 Å². The van der Waals surface area contributed by atoms with E-state index in [-0.39, 0.29) is 18.0 Å². The van der Waals surface area contributed by atoms with Gasteiger partial charge in [0, 0.05) is 30.1 Å². The maximum atomic E-state index is 13.2. The number of fused-ring (bicyclic) bond motifs is 1. The van der Waals surface area contributed by atoms with Crippen LogP contribution in [-0.4, -0.2) is 20.8 Å². The molecule has 144 valence electrons. The molecule has 1 N–H and O–H groups in total. The third-order valence-corrected chi connectivity index (χ3v) is 4.93. The number of carbonyl (C=O) groups is 1. The van der Waals surface area contributed by atoms with E-state index in [1.807, 2.05) is 61.5 Å². The van der Waals surface area contributed by atoms with Crippen LogP contribution in [0, 0.1) is 6.92 Å². The maximum absolute atomic E-state index is 13.2. The van der Waals surface area contributed by atoms with Gasteiger partial charge in [-0.3, -0.25) is 14.6 Å². The zero-order valence-electron chi connectivity index (χ0n) is 16.1. The molecular weight excluding hydrogens is 362 g/mol. The predicted molar refractivity (Wildman–Crippen MR) is 114 cm³/mol. The lowest BCUT2D eigenvalue weighted by Gasteiger charge is -2.23. The smallest absolute Gasteiger partial charge is 0.254 e. The molecule has 0 aliphatic rings. The fourth-order valence-electron chi connectivity index (χ4n) is 3.43. The number of aromatic amines is 1. The third-order valence-electron chi connectivity index (χ3n) is 4.93. The average molecular weight is 383 g/mol. The van der Waals surface area contributed by atoms with E-state index in [4.69, 9.17) is 0 Å². The Morgan fingerprint density at radius 3 is 2.59 bits per heavy atom. The van der Waals surface area contributed by atoms with Gasteiger partial charge in [0.05, 0.1) is 12.1 Å². The lowest BCUT2D eigenvalue weighted by molar-refractivity contribution is 0.0729. The van der Waals surface area contributed by atoms with Crippen LogP contribution in [0.1, 0.15) is 27.0 Å². The Bertz CT molecular complexity index is 1200. The molecule has 2 aromatic carbocycles. The third kappa shape index (κ3) is 4.09. The number of para-hydroxylation sites is 1. The Morgan fingerprint density at radius 1 is 1.00 bits per heavy atom. The maximum Gasteiger partial charge on any atom is 0.254 e. The zero-order chi connectivity index (χ0) is 20.2. The molecule has 0 aliphatic heterocycles. The van der Waals surface area contributed by atoms with Gasteiger partial charge in [-0.25, -0.2) is 0 Å². The molecule has 4 aromatic rings. The summed E-state index contributed by atoms with van der Waals surface area (Å²) in [6, 6.07) is 20.6. The van der Waals surface area contributed by atoms with Gasteiger partial charge in [-0.1, -0.05) is 42.5 Å². The molecule has 0 saturated heterocycles. The summed E-state index contributed by atoms with van der Waals surface area (Å²) >= 11 is 0. The molecule has 0 fully saturated rings. The van der Waals surface area contributed by atoms with Crippen LogP contribution in [0.4, 0.5) is 0 Å². The van der Waals surface area contributed by atoms with Gasteiger partial charge in [0.2, 0.25) is 0 Å². The van der Waals surface area contributed by atoms with Crippen LogP contribution in [-0.2, 0) is 13.1 Å². The number of pyridine rings is 2. The first kappa shape index (κ1) is 18.6. The topological polar surface area (TPSA) is 66.1 Å². The summed E-state index contributed by atoms with van der Waals surface area (Å²) in [5, 5.41) is 0.952. The molecule has 0 saturated carbocycles. The van der Waals surface area contributed by atoms with E-state index in [9.17, 15) is 9.59 Å². The molecule has 1 amide bonds. The Hall–Kier alpha value is -3.73. The molecule has 5 heteroatoms. The number of amides is 1. The van der Waals surface area contributed by atoms with Gasteiger partial charge in [-0.2, -0.15) is 0 Å².